The highest BCUT2D eigenvalue weighted by atomic mass is 32.2. The number of anilines is 2. The van der Waals surface area contributed by atoms with Crippen molar-refractivity contribution in [2.75, 3.05) is 43.9 Å². The Hall–Kier alpha value is -4.03. The van der Waals surface area contributed by atoms with E-state index in [0.717, 1.165) is 59.9 Å². The normalized spacial score (nSPS) is 15.9. The molecule has 4 aromatic rings. The minimum atomic E-state index is -3.94. The largest absolute Gasteiger partial charge is 0.476 e. The Labute approximate surface area is 239 Å². The van der Waals surface area contributed by atoms with Crippen LogP contribution in [0.1, 0.15) is 31.2 Å². The van der Waals surface area contributed by atoms with Crippen LogP contribution >= 0.6 is 0 Å². The zero-order valence-electron chi connectivity index (χ0n) is 23.6. The molecule has 214 valence electrons. The fraction of sp³-hybridized carbons (Fsp3) is 0.379. The number of benzene rings is 1. The van der Waals surface area contributed by atoms with Gasteiger partial charge in [-0.1, -0.05) is 12.5 Å². The summed E-state index contributed by atoms with van der Waals surface area (Å²) in [7, 11) is 3.50. The SMILES string of the molecule is CN(C)CCCOc1ncc(-c2ccc3ncc4c(c3c2)C2(CCC2)C(=O)N4C)cc1NS(=O)(=O)c1cnn(C)c1. The maximum absolute atomic E-state index is 13.2. The van der Waals surface area contributed by atoms with Crippen LogP contribution in [0, 0.1) is 0 Å². The van der Waals surface area contributed by atoms with E-state index in [1.807, 2.05) is 39.3 Å². The van der Waals surface area contributed by atoms with Gasteiger partial charge in [0.25, 0.3) is 10.0 Å². The monoisotopic (exact) mass is 575 g/mol. The zero-order chi connectivity index (χ0) is 28.9. The van der Waals surface area contributed by atoms with E-state index in [4.69, 9.17) is 4.74 Å². The topological polar surface area (TPSA) is 123 Å². The summed E-state index contributed by atoms with van der Waals surface area (Å²) in [6, 6.07) is 7.63. The minimum Gasteiger partial charge on any atom is -0.476 e. The molecule has 11 nitrogen and oxygen atoms in total. The summed E-state index contributed by atoms with van der Waals surface area (Å²) in [6.07, 6.45) is 9.62. The molecule has 0 atom stereocenters. The van der Waals surface area contributed by atoms with Crippen molar-refractivity contribution >= 4 is 38.2 Å². The minimum absolute atomic E-state index is 0.0379. The fourth-order valence-electron chi connectivity index (χ4n) is 5.74. The number of pyridine rings is 2. The molecule has 0 radical (unpaired) electrons. The maximum atomic E-state index is 13.2. The summed E-state index contributed by atoms with van der Waals surface area (Å²) >= 11 is 0. The van der Waals surface area contributed by atoms with Gasteiger partial charge in [0.1, 0.15) is 10.6 Å². The van der Waals surface area contributed by atoms with Gasteiger partial charge in [0.2, 0.25) is 11.8 Å². The molecule has 1 fully saturated rings. The Balaban J connectivity index is 1.40. The Morgan fingerprint density at radius 1 is 1.07 bits per heavy atom. The number of ether oxygens (including phenoxy) is 1. The van der Waals surface area contributed by atoms with Gasteiger partial charge in [-0.2, -0.15) is 5.10 Å². The molecule has 1 N–H and O–H groups in total. The lowest BCUT2D eigenvalue weighted by atomic mass is 9.64. The molecule has 2 aliphatic rings. The zero-order valence-corrected chi connectivity index (χ0v) is 24.4. The first-order valence-electron chi connectivity index (χ1n) is 13.6. The molecule has 1 aliphatic carbocycles. The van der Waals surface area contributed by atoms with Crippen LogP contribution in [0.3, 0.4) is 0 Å². The second-order valence-electron chi connectivity index (χ2n) is 11.1. The van der Waals surface area contributed by atoms with Crippen LogP contribution < -0.4 is 14.4 Å². The molecule has 0 saturated heterocycles. The second-order valence-corrected chi connectivity index (χ2v) is 12.8. The van der Waals surface area contributed by atoms with E-state index in [-0.39, 0.29) is 22.4 Å². The number of fused-ring (bicyclic) bond motifs is 4. The van der Waals surface area contributed by atoms with Gasteiger partial charge < -0.3 is 14.5 Å². The molecule has 1 spiro atoms. The van der Waals surface area contributed by atoms with E-state index < -0.39 is 15.4 Å². The number of likely N-dealkylation sites (N-methyl/N-ethyl adjacent to an activating group) is 1. The van der Waals surface area contributed by atoms with Crippen LogP contribution in [-0.2, 0) is 27.3 Å². The van der Waals surface area contributed by atoms with Crippen LogP contribution in [0.4, 0.5) is 11.4 Å². The molecule has 1 aliphatic heterocycles. The van der Waals surface area contributed by atoms with Crippen molar-refractivity contribution in [2.45, 2.75) is 36.0 Å². The van der Waals surface area contributed by atoms with Crippen LogP contribution in [0.15, 0.2) is 53.9 Å². The highest BCUT2D eigenvalue weighted by molar-refractivity contribution is 7.92. The molecule has 41 heavy (non-hydrogen) atoms. The maximum Gasteiger partial charge on any atom is 0.265 e. The number of carbonyl (C=O) groups excluding carboxylic acids is 1. The average molecular weight is 576 g/mol. The van der Waals surface area contributed by atoms with Gasteiger partial charge in [-0.05, 0) is 57.1 Å². The molecule has 6 rings (SSSR count). The van der Waals surface area contributed by atoms with Crippen molar-refractivity contribution in [1.82, 2.24) is 24.6 Å². The van der Waals surface area contributed by atoms with Gasteiger partial charge in [-0.15, -0.1) is 0 Å². The lowest BCUT2D eigenvalue weighted by Crippen LogP contribution is -2.43. The Kier molecular flexibility index (Phi) is 6.69. The summed E-state index contributed by atoms with van der Waals surface area (Å²) in [5.74, 6) is 0.326. The highest BCUT2D eigenvalue weighted by Crippen LogP contribution is 2.55. The predicted octanol–water partition coefficient (Wildman–Crippen LogP) is 3.56. The molecule has 1 amide bonds. The summed E-state index contributed by atoms with van der Waals surface area (Å²) in [5, 5.41) is 4.92. The molecule has 1 aromatic carbocycles. The van der Waals surface area contributed by atoms with Crippen LogP contribution in [0.25, 0.3) is 22.0 Å². The quantitative estimate of drug-likeness (QED) is 0.301. The van der Waals surface area contributed by atoms with Crippen molar-refractivity contribution in [2.24, 2.45) is 7.05 Å². The molecule has 3 aromatic heterocycles. The number of aromatic nitrogens is 4. The standard InChI is InChI=1S/C29H33N7O4S/c1-34(2)11-6-12-40-27-24(33-41(38,39)21-16-32-35(3)18-21)14-20(15-31-27)19-7-8-23-22(13-19)26-25(17-30-23)36(4)28(37)29(26)9-5-10-29/h7-8,13-18,33H,5-6,9-12H2,1-4H3. The average Bonchev–Trinajstić information content (AvgIpc) is 3.46. The first-order chi connectivity index (χ1) is 19.6. The van der Waals surface area contributed by atoms with Gasteiger partial charge in [0.05, 0.1) is 35.6 Å². The smallest absolute Gasteiger partial charge is 0.265 e. The van der Waals surface area contributed by atoms with Gasteiger partial charge in [0.15, 0.2) is 0 Å². The number of nitrogens with one attached hydrogen (secondary N) is 1. The number of rotatable bonds is 9. The summed E-state index contributed by atoms with van der Waals surface area (Å²) in [6.45, 7) is 1.20. The van der Waals surface area contributed by atoms with E-state index in [1.54, 1.807) is 30.4 Å². The van der Waals surface area contributed by atoms with Crippen LogP contribution in [0.2, 0.25) is 0 Å². The van der Waals surface area contributed by atoms with E-state index in [9.17, 15) is 13.2 Å². The van der Waals surface area contributed by atoms with E-state index in [0.29, 0.717) is 12.2 Å². The number of aryl methyl sites for hydroxylation is 1. The molecule has 12 heteroatoms. The van der Waals surface area contributed by atoms with E-state index in [2.05, 4.69) is 24.7 Å². The summed E-state index contributed by atoms with van der Waals surface area (Å²) < 4.78 is 36.4. The first kappa shape index (κ1) is 27.2. The van der Waals surface area contributed by atoms with Crippen molar-refractivity contribution < 1.29 is 17.9 Å². The van der Waals surface area contributed by atoms with Crippen molar-refractivity contribution in [3.8, 4) is 17.0 Å². The summed E-state index contributed by atoms with van der Waals surface area (Å²) in [4.78, 5) is 26.2. The van der Waals surface area contributed by atoms with Crippen LogP contribution in [-0.4, -0.2) is 73.3 Å². The number of carbonyl (C=O) groups is 1. The Bertz CT molecular complexity index is 1760. The van der Waals surface area contributed by atoms with Gasteiger partial charge in [0, 0.05) is 49.5 Å². The third-order valence-electron chi connectivity index (χ3n) is 8.02. The molecule has 0 unspecified atom stereocenters. The number of hydrogen-bond donors (Lipinski definition) is 1. The first-order valence-corrected chi connectivity index (χ1v) is 15.1. The Morgan fingerprint density at radius 2 is 1.88 bits per heavy atom. The van der Waals surface area contributed by atoms with Crippen molar-refractivity contribution in [3.05, 3.63) is 54.6 Å². The number of amides is 1. The lowest BCUT2D eigenvalue weighted by molar-refractivity contribution is -0.125. The fourth-order valence-corrected chi connectivity index (χ4v) is 6.77. The van der Waals surface area contributed by atoms with Gasteiger partial charge in [-0.3, -0.25) is 19.2 Å². The highest BCUT2D eigenvalue weighted by Gasteiger charge is 2.54. The predicted molar refractivity (Wildman–Crippen MR) is 157 cm³/mol. The summed E-state index contributed by atoms with van der Waals surface area (Å²) in [5.41, 5.74) is 3.98. The molecule has 0 bridgehead atoms. The second kappa shape index (κ2) is 10.1. The Morgan fingerprint density at radius 3 is 2.56 bits per heavy atom. The number of nitrogens with zero attached hydrogens (tertiary/aromatic N) is 6. The lowest BCUT2D eigenvalue weighted by Gasteiger charge is -2.37. The van der Waals surface area contributed by atoms with Gasteiger partial charge >= 0.3 is 0 Å². The van der Waals surface area contributed by atoms with E-state index >= 15 is 0 Å². The number of sulfonamides is 1. The molecular weight excluding hydrogens is 542 g/mol. The van der Waals surface area contributed by atoms with Gasteiger partial charge in [-0.25, -0.2) is 13.4 Å². The molecule has 1 saturated carbocycles. The van der Waals surface area contributed by atoms with E-state index in [1.165, 1.54) is 17.1 Å². The third-order valence-corrected chi connectivity index (χ3v) is 9.34. The van der Waals surface area contributed by atoms with Crippen LogP contribution in [0.5, 0.6) is 5.88 Å². The van der Waals surface area contributed by atoms with Crippen molar-refractivity contribution in [3.63, 3.8) is 0 Å². The van der Waals surface area contributed by atoms with Crippen molar-refractivity contribution in [1.29, 1.82) is 0 Å². The third kappa shape index (κ3) is 4.70. The number of hydrogen-bond acceptors (Lipinski definition) is 8. The molecule has 4 heterocycles. The molecular formula is C29H33N7O4S.